The lowest BCUT2D eigenvalue weighted by atomic mass is 10.1. The van der Waals surface area contributed by atoms with Crippen LogP contribution < -0.4 is 5.32 Å². The van der Waals surface area contributed by atoms with Crippen LogP contribution in [-0.2, 0) is 4.74 Å². The van der Waals surface area contributed by atoms with E-state index in [1.54, 1.807) is 6.92 Å². The fraction of sp³-hybridized carbons (Fsp3) is 0.300. The van der Waals surface area contributed by atoms with Crippen LogP contribution in [0.1, 0.15) is 21.6 Å². The second kappa shape index (κ2) is 3.42. The molecule has 1 aliphatic heterocycles. The summed E-state index contributed by atoms with van der Waals surface area (Å²) in [6.07, 6.45) is 1.35. The number of hydrogen-bond donors (Lipinski definition) is 2. The van der Waals surface area contributed by atoms with E-state index in [0.717, 1.165) is 0 Å². The van der Waals surface area contributed by atoms with Crippen molar-refractivity contribution in [3.63, 3.8) is 0 Å². The first kappa shape index (κ1) is 9.76. The zero-order valence-corrected chi connectivity index (χ0v) is 8.48. The summed E-state index contributed by atoms with van der Waals surface area (Å²) in [4.78, 5) is 14.4. The van der Waals surface area contributed by atoms with Gasteiger partial charge in [-0.3, -0.25) is 0 Å². The van der Waals surface area contributed by atoms with Crippen molar-refractivity contribution in [2.45, 2.75) is 6.92 Å². The van der Waals surface area contributed by atoms with Gasteiger partial charge < -0.3 is 15.0 Å². The smallest absolute Gasteiger partial charge is 0.340 e. The van der Waals surface area contributed by atoms with Crippen LogP contribution in [0.15, 0.2) is 5.83 Å². The molecule has 80 valence electrons. The number of H-pyrrole nitrogens is 1. The Hall–Kier alpha value is -1.78. The predicted octanol–water partition coefficient (Wildman–Crippen LogP) is 1.85. The van der Waals surface area contributed by atoms with Crippen molar-refractivity contribution in [2.24, 2.45) is 0 Å². The average Bonchev–Trinajstić information content (AvgIpc) is 2.52. The van der Waals surface area contributed by atoms with E-state index in [4.69, 9.17) is 0 Å². The summed E-state index contributed by atoms with van der Waals surface area (Å²) in [5.41, 5.74) is 1.59. The Balaban J connectivity index is 2.57. The Kier molecular flexibility index (Phi) is 2.22. The van der Waals surface area contributed by atoms with Gasteiger partial charge in [-0.1, -0.05) is 0 Å². The third-order valence-corrected chi connectivity index (χ3v) is 2.35. The number of esters is 1. The normalized spacial score (nSPS) is 13.9. The van der Waals surface area contributed by atoms with Crippen LogP contribution in [-0.4, -0.2) is 24.6 Å². The molecule has 1 aromatic rings. The van der Waals surface area contributed by atoms with Crippen LogP contribution in [0.4, 0.5) is 10.2 Å². The number of carbonyl (C=O) groups is 1. The number of hydrogen-bond acceptors (Lipinski definition) is 3. The number of anilines is 1. The number of rotatable bonds is 1. The summed E-state index contributed by atoms with van der Waals surface area (Å²) in [6, 6.07) is 0. The maximum absolute atomic E-state index is 13.1. The van der Waals surface area contributed by atoms with Crippen molar-refractivity contribution in [3.8, 4) is 0 Å². The van der Waals surface area contributed by atoms with E-state index in [9.17, 15) is 9.18 Å². The number of aromatic nitrogens is 1. The summed E-state index contributed by atoms with van der Waals surface area (Å²) in [7, 11) is 1.30. The van der Waals surface area contributed by atoms with Crippen LogP contribution in [0.25, 0.3) is 6.08 Å². The highest BCUT2D eigenvalue weighted by Crippen LogP contribution is 2.29. The molecule has 0 aliphatic carbocycles. The molecule has 0 atom stereocenters. The molecule has 0 aromatic carbocycles. The van der Waals surface area contributed by atoms with Crippen molar-refractivity contribution in [1.29, 1.82) is 0 Å². The Morgan fingerprint density at radius 2 is 2.33 bits per heavy atom. The van der Waals surface area contributed by atoms with E-state index in [1.165, 1.54) is 13.2 Å². The third-order valence-electron chi connectivity index (χ3n) is 2.35. The van der Waals surface area contributed by atoms with Crippen molar-refractivity contribution < 1.29 is 13.9 Å². The number of nitrogens with one attached hydrogen (secondary N) is 2. The van der Waals surface area contributed by atoms with Gasteiger partial charge in [0.05, 0.1) is 19.2 Å². The lowest BCUT2D eigenvalue weighted by Gasteiger charge is -2.10. The first-order valence-electron chi connectivity index (χ1n) is 4.54. The highest BCUT2D eigenvalue weighted by molar-refractivity contribution is 5.98. The Morgan fingerprint density at radius 3 is 3.00 bits per heavy atom. The fourth-order valence-corrected chi connectivity index (χ4v) is 1.67. The summed E-state index contributed by atoms with van der Waals surface area (Å²) in [5.74, 6) is -0.0984. The molecule has 0 saturated heterocycles. The van der Waals surface area contributed by atoms with E-state index in [-0.39, 0.29) is 12.4 Å². The fourth-order valence-electron chi connectivity index (χ4n) is 1.67. The molecular formula is C10H11FN2O2. The van der Waals surface area contributed by atoms with E-state index in [1.807, 2.05) is 0 Å². The molecule has 1 aliphatic rings. The van der Waals surface area contributed by atoms with Crippen molar-refractivity contribution in [1.82, 2.24) is 4.98 Å². The molecular weight excluding hydrogens is 199 g/mol. The maximum Gasteiger partial charge on any atom is 0.340 e. The quantitative estimate of drug-likeness (QED) is 0.695. The first-order valence-corrected chi connectivity index (χ1v) is 4.54. The molecule has 1 aromatic heterocycles. The lowest BCUT2D eigenvalue weighted by Crippen LogP contribution is -2.09. The van der Waals surface area contributed by atoms with Gasteiger partial charge in [0.15, 0.2) is 0 Å². The Morgan fingerprint density at radius 1 is 1.60 bits per heavy atom. The molecule has 15 heavy (non-hydrogen) atoms. The zero-order valence-electron chi connectivity index (χ0n) is 8.48. The van der Waals surface area contributed by atoms with E-state index >= 15 is 0 Å². The van der Waals surface area contributed by atoms with Gasteiger partial charge in [0, 0.05) is 11.3 Å². The minimum Gasteiger partial charge on any atom is -0.465 e. The van der Waals surface area contributed by atoms with Crippen molar-refractivity contribution in [3.05, 3.63) is 22.6 Å². The summed E-state index contributed by atoms with van der Waals surface area (Å²) < 4.78 is 17.7. The minimum atomic E-state index is -0.460. The van der Waals surface area contributed by atoms with E-state index < -0.39 is 5.97 Å². The first-order chi connectivity index (χ1) is 7.13. The molecule has 0 amide bonds. The highest BCUT2D eigenvalue weighted by Gasteiger charge is 2.23. The summed E-state index contributed by atoms with van der Waals surface area (Å²) in [6.45, 7) is 1.89. The Bertz CT molecular complexity index is 449. The van der Waals surface area contributed by atoms with Crippen LogP contribution in [0.5, 0.6) is 0 Å². The van der Waals surface area contributed by atoms with Crippen LogP contribution in [0.3, 0.4) is 0 Å². The molecule has 0 radical (unpaired) electrons. The zero-order chi connectivity index (χ0) is 11.0. The molecule has 0 spiro atoms. The van der Waals surface area contributed by atoms with Gasteiger partial charge in [0.1, 0.15) is 11.6 Å². The average molecular weight is 210 g/mol. The Labute approximate surface area is 86.1 Å². The monoisotopic (exact) mass is 210 g/mol. The van der Waals surface area contributed by atoms with Gasteiger partial charge >= 0.3 is 5.97 Å². The van der Waals surface area contributed by atoms with E-state index in [2.05, 4.69) is 15.0 Å². The van der Waals surface area contributed by atoms with Gasteiger partial charge in [-0.2, -0.15) is 0 Å². The van der Waals surface area contributed by atoms with Gasteiger partial charge in [0.2, 0.25) is 0 Å². The summed E-state index contributed by atoms with van der Waals surface area (Å²) in [5, 5.41) is 2.85. The number of aromatic amines is 1. The maximum atomic E-state index is 13.1. The number of halogens is 1. The molecule has 5 heteroatoms. The second-order valence-electron chi connectivity index (χ2n) is 3.35. The van der Waals surface area contributed by atoms with Crippen LogP contribution in [0.2, 0.25) is 0 Å². The number of fused-ring (bicyclic) bond motifs is 1. The number of ether oxygens (including phenoxy) is 1. The molecule has 0 bridgehead atoms. The van der Waals surface area contributed by atoms with Crippen LogP contribution >= 0.6 is 0 Å². The van der Waals surface area contributed by atoms with Crippen molar-refractivity contribution in [2.75, 3.05) is 19.0 Å². The van der Waals surface area contributed by atoms with Gasteiger partial charge in [-0.15, -0.1) is 0 Å². The molecule has 0 unspecified atom stereocenters. The van der Waals surface area contributed by atoms with Crippen molar-refractivity contribution >= 4 is 17.9 Å². The number of carbonyl (C=O) groups excluding carboxylic acids is 1. The van der Waals surface area contributed by atoms with Gasteiger partial charge in [-0.25, -0.2) is 9.18 Å². The standard InChI is InChI=1S/C10H11FN2O2/c1-5-8(10(14)15-2)7-3-6(11)4-12-9(7)13-5/h3,12-13H,4H2,1-2H3. The van der Waals surface area contributed by atoms with E-state index in [0.29, 0.717) is 22.6 Å². The van der Waals surface area contributed by atoms with Crippen LogP contribution in [0, 0.1) is 6.92 Å². The SMILES string of the molecule is COC(=O)c1c(C)[nH]c2c1C=C(F)CN2. The molecule has 4 nitrogen and oxygen atoms in total. The minimum absolute atomic E-state index is 0.146. The second-order valence-corrected chi connectivity index (χ2v) is 3.35. The molecule has 0 fully saturated rings. The van der Waals surface area contributed by atoms with Gasteiger partial charge in [0.25, 0.3) is 0 Å². The molecule has 2 heterocycles. The number of methoxy groups -OCH3 is 1. The predicted molar refractivity (Wildman–Crippen MR) is 54.4 cm³/mol. The molecule has 0 saturated carbocycles. The van der Waals surface area contributed by atoms with Gasteiger partial charge in [-0.05, 0) is 13.0 Å². The topological polar surface area (TPSA) is 54.1 Å². The molecule has 2 N–H and O–H groups in total. The highest BCUT2D eigenvalue weighted by atomic mass is 19.1. The lowest BCUT2D eigenvalue weighted by molar-refractivity contribution is 0.0600. The third kappa shape index (κ3) is 1.49. The molecule has 2 rings (SSSR count). The number of aryl methyl sites for hydroxylation is 1. The largest absolute Gasteiger partial charge is 0.465 e. The summed E-state index contributed by atoms with van der Waals surface area (Å²) >= 11 is 0.